The van der Waals surface area contributed by atoms with Crippen LogP contribution in [0.2, 0.25) is 0 Å². The Hall–Kier alpha value is -2.90. The first kappa shape index (κ1) is 27.7. The third-order valence-electron chi connectivity index (χ3n) is 8.19. The van der Waals surface area contributed by atoms with E-state index in [1.165, 1.54) is 37.8 Å². The van der Waals surface area contributed by atoms with E-state index in [1.807, 2.05) is 27.7 Å². The highest BCUT2D eigenvalue weighted by Crippen LogP contribution is 2.43. The third kappa shape index (κ3) is 5.44. The van der Waals surface area contributed by atoms with Gasteiger partial charge in [0.15, 0.2) is 6.10 Å². The first-order valence-corrected chi connectivity index (χ1v) is 14.3. The molecule has 0 radical (unpaired) electrons. The van der Waals surface area contributed by atoms with Gasteiger partial charge in [-0.1, -0.05) is 12.1 Å². The summed E-state index contributed by atoms with van der Waals surface area (Å²) in [5.74, 6) is -0.419. The van der Waals surface area contributed by atoms with E-state index in [-0.39, 0.29) is 6.10 Å². The van der Waals surface area contributed by atoms with Crippen molar-refractivity contribution in [2.45, 2.75) is 91.6 Å². The zero-order chi connectivity index (χ0) is 27.9. The van der Waals surface area contributed by atoms with E-state index in [2.05, 4.69) is 47.6 Å². The van der Waals surface area contributed by atoms with E-state index in [1.54, 1.807) is 0 Å². The molecule has 0 amide bonds. The number of aryl methyl sites for hydroxylation is 2. The lowest BCUT2D eigenvalue weighted by Crippen LogP contribution is -2.31. The Morgan fingerprint density at radius 2 is 1.77 bits per heavy atom. The van der Waals surface area contributed by atoms with Crippen LogP contribution in [-0.4, -0.2) is 54.0 Å². The van der Waals surface area contributed by atoms with E-state index >= 15 is 0 Å². The van der Waals surface area contributed by atoms with Gasteiger partial charge in [0.25, 0.3) is 0 Å². The fourth-order valence-corrected chi connectivity index (χ4v) is 5.95. The van der Waals surface area contributed by atoms with Crippen LogP contribution < -0.4 is 4.90 Å². The second kappa shape index (κ2) is 10.9. The molecule has 3 aromatic rings. The van der Waals surface area contributed by atoms with Gasteiger partial charge in [-0.2, -0.15) is 0 Å². The second-order valence-corrected chi connectivity index (χ2v) is 12.0. The van der Waals surface area contributed by atoms with Gasteiger partial charge in [0.05, 0.1) is 25.4 Å². The maximum atomic E-state index is 13.3. The smallest absolute Gasteiger partial charge is 0.339 e. The van der Waals surface area contributed by atoms with Gasteiger partial charge in [-0.25, -0.2) is 9.78 Å². The molecule has 7 heteroatoms. The molecule has 0 aliphatic carbocycles. The normalized spacial score (nSPS) is 18.7. The van der Waals surface area contributed by atoms with Gasteiger partial charge in [0.2, 0.25) is 0 Å². The molecule has 2 aliphatic heterocycles. The van der Waals surface area contributed by atoms with Crippen LogP contribution in [-0.2, 0) is 25.5 Å². The fraction of sp³-hybridized carbons (Fsp3) is 0.562. The van der Waals surface area contributed by atoms with Crippen molar-refractivity contribution < 1.29 is 19.0 Å². The second-order valence-electron chi connectivity index (χ2n) is 12.0. The highest BCUT2D eigenvalue weighted by molar-refractivity contribution is 6.00. The van der Waals surface area contributed by atoms with Crippen LogP contribution in [0.1, 0.15) is 75.1 Å². The number of hydrogen-bond acceptors (Lipinski definition) is 6. The summed E-state index contributed by atoms with van der Waals surface area (Å²) in [5.41, 5.74) is 7.52. The molecule has 2 aromatic heterocycles. The van der Waals surface area contributed by atoms with Crippen LogP contribution in [0.15, 0.2) is 24.3 Å². The number of nitrogens with zero attached hydrogens (tertiary/aromatic N) is 3. The first-order valence-electron chi connectivity index (χ1n) is 14.3. The molecule has 0 N–H and O–H groups in total. The van der Waals surface area contributed by atoms with E-state index in [4.69, 9.17) is 19.2 Å². The van der Waals surface area contributed by atoms with E-state index < -0.39 is 17.7 Å². The van der Waals surface area contributed by atoms with Crippen molar-refractivity contribution in [3.63, 3.8) is 0 Å². The van der Waals surface area contributed by atoms with Gasteiger partial charge >= 0.3 is 5.97 Å². The van der Waals surface area contributed by atoms with Gasteiger partial charge in [-0.05, 0) is 90.5 Å². The molecule has 2 fully saturated rings. The topological polar surface area (TPSA) is 65.8 Å². The maximum Gasteiger partial charge on any atom is 0.339 e. The Morgan fingerprint density at radius 1 is 1.10 bits per heavy atom. The third-order valence-corrected chi connectivity index (χ3v) is 8.19. The molecule has 4 heterocycles. The molecule has 0 bridgehead atoms. The number of hydrogen-bond donors (Lipinski definition) is 0. The van der Waals surface area contributed by atoms with Gasteiger partial charge in [0.1, 0.15) is 5.65 Å². The minimum absolute atomic E-state index is 0.208. The average molecular weight is 534 g/mol. The van der Waals surface area contributed by atoms with E-state index in [0.717, 1.165) is 71.6 Å². The summed E-state index contributed by atoms with van der Waals surface area (Å²) in [4.78, 5) is 20.9. The molecule has 2 saturated heterocycles. The van der Waals surface area contributed by atoms with Crippen molar-refractivity contribution in [1.29, 1.82) is 0 Å². The number of aromatic nitrogens is 2. The van der Waals surface area contributed by atoms with Crippen molar-refractivity contribution in [3.05, 3.63) is 46.8 Å². The summed E-state index contributed by atoms with van der Waals surface area (Å²) >= 11 is 0. The quantitative estimate of drug-likeness (QED) is 0.326. The molecule has 39 heavy (non-hydrogen) atoms. The Bertz CT molecular complexity index is 1340. The number of methoxy groups -OCH3 is 1. The summed E-state index contributed by atoms with van der Waals surface area (Å²) in [5, 5.41) is 1.06. The van der Waals surface area contributed by atoms with Gasteiger partial charge < -0.3 is 23.7 Å². The predicted octanol–water partition coefficient (Wildman–Crippen LogP) is 6.44. The summed E-state index contributed by atoms with van der Waals surface area (Å²) in [6, 6.07) is 8.80. The van der Waals surface area contributed by atoms with Crippen molar-refractivity contribution in [2.24, 2.45) is 0 Å². The van der Waals surface area contributed by atoms with Crippen LogP contribution in [0.3, 0.4) is 0 Å². The van der Waals surface area contributed by atoms with Crippen molar-refractivity contribution in [1.82, 2.24) is 9.55 Å². The predicted molar refractivity (Wildman–Crippen MR) is 155 cm³/mol. The number of ether oxygens (including phenoxy) is 3. The molecule has 2 aliphatic rings. The fourth-order valence-electron chi connectivity index (χ4n) is 5.95. The molecule has 0 spiro atoms. The molecular weight excluding hydrogens is 490 g/mol. The summed E-state index contributed by atoms with van der Waals surface area (Å²) in [7, 11) is 1.42. The van der Waals surface area contributed by atoms with Crippen LogP contribution in [0.4, 0.5) is 5.69 Å². The number of anilines is 1. The number of esters is 1. The zero-order valence-electron chi connectivity index (χ0n) is 24.6. The highest BCUT2D eigenvalue weighted by atomic mass is 16.6. The van der Waals surface area contributed by atoms with Gasteiger partial charge in [-0.3, -0.25) is 0 Å². The lowest BCUT2D eigenvalue weighted by atomic mass is 9.90. The standard InChI is InChI=1S/C32H43N3O4/c1-20-22(3)35(19-25-15-18-38-25)30-26(20)28(23-11-13-24(14-12-23)34-16-9-8-10-17-34)27(21(2)33-30)29(31(36)37-7)39-32(4,5)6/h11-14,25,29H,8-10,15-19H2,1-7H3/t25?,29-/m0/s1. The minimum atomic E-state index is -0.901. The molecule has 0 saturated carbocycles. The number of piperidine rings is 1. The summed E-state index contributed by atoms with van der Waals surface area (Å²) < 4.78 is 19.8. The molecule has 2 atom stereocenters. The van der Waals surface area contributed by atoms with Crippen LogP contribution >= 0.6 is 0 Å². The van der Waals surface area contributed by atoms with Crippen molar-refractivity contribution >= 4 is 22.7 Å². The molecular formula is C32H43N3O4. The SMILES string of the molecule is COC(=O)[C@@H](OC(C)(C)C)c1c(C)nc2c(c(C)c(C)n2CC2CCO2)c1-c1ccc(N2CCCCC2)cc1. The van der Waals surface area contributed by atoms with E-state index in [9.17, 15) is 4.79 Å². The number of fused-ring (bicyclic) bond motifs is 1. The molecule has 210 valence electrons. The number of pyridine rings is 1. The van der Waals surface area contributed by atoms with Gasteiger partial charge in [-0.15, -0.1) is 0 Å². The van der Waals surface area contributed by atoms with Crippen molar-refractivity contribution in [3.8, 4) is 11.1 Å². The van der Waals surface area contributed by atoms with Crippen LogP contribution in [0.25, 0.3) is 22.2 Å². The van der Waals surface area contributed by atoms with E-state index in [0.29, 0.717) is 0 Å². The summed E-state index contributed by atoms with van der Waals surface area (Å²) in [6.45, 7) is 15.9. The molecule has 7 nitrogen and oxygen atoms in total. The number of benzene rings is 1. The maximum absolute atomic E-state index is 13.3. The average Bonchev–Trinajstić information content (AvgIpc) is 3.12. The first-order chi connectivity index (χ1) is 18.6. The Balaban J connectivity index is 1.74. The lowest BCUT2D eigenvalue weighted by Gasteiger charge is -2.30. The Labute approximate surface area is 232 Å². The van der Waals surface area contributed by atoms with Gasteiger partial charge in [0, 0.05) is 53.3 Å². The van der Waals surface area contributed by atoms with Crippen LogP contribution in [0, 0.1) is 20.8 Å². The number of carbonyl (C=O) groups is 1. The Morgan fingerprint density at radius 3 is 2.33 bits per heavy atom. The summed E-state index contributed by atoms with van der Waals surface area (Å²) in [6.07, 6.45) is 4.14. The number of carbonyl (C=O) groups excluding carboxylic acids is 1. The largest absolute Gasteiger partial charge is 0.467 e. The van der Waals surface area contributed by atoms with Crippen molar-refractivity contribution in [2.75, 3.05) is 31.7 Å². The monoisotopic (exact) mass is 533 g/mol. The lowest BCUT2D eigenvalue weighted by molar-refractivity contribution is -0.164. The molecule has 1 aromatic carbocycles. The minimum Gasteiger partial charge on any atom is -0.467 e. The van der Waals surface area contributed by atoms with Crippen LogP contribution in [0.5, 0.6) is 0 Å². The molecule has 5 rings (SSSR count). The highest BCUT2D eigenvalue weighted by Gasteiger charge is 2.35. The zero-order valence-corrected chi connectivity index (χ0v) is 24.6. The molecule has 1 unspecified atom stereocenters. The Kier molecular flexibility index (Phi) is 7.75. The number of rotatable bonds is 7.